The lowest BCUT2D eigenvalue weighted by Gasteiger charge is -2.21. The Morgan fingerprint density at radius 2 is 2.00 bits per heavy atom. The quantitative estimate of drug-likeness (QED) is 0.778. The second-order valence-corrected chi connectivity index (χ2v) is 5.14. The summed E-state index contributed by atoms with van der Waals surface area (Å²) in [6, 6.07) is 2.27. The molecule has 1 fully saturated rings. The van der Waals surface area contributed by atoms with E-state index in [1.807, 2.05) is 0 Å². The van der Waals surface area contributed by atoms with Crippen molar-refractivity contribution in [1.82, 2.24) is 4.90 Å². The van der Waals surface area contributed by atoms with E-state index in [9.17, 15) is 13.6 Å². The van der Waals surface area contributed by atoms with Crippen molar-refractivity contribution in [3.63, 3.8) is 0 Å². The minimum atomic E-state index is -0.846. The minimum absolute atomic E-state index is 0.0814. The fourth-order valence-electron chi connectivity index (χ4n) is 1.81. The van der Waals surface area contributed by atoms with Crippen LogP contribution in [0.5, 0.6) is 0 Å². The molecular formula is C13H12BrF2NO. The molecule has 5 heteroatoms. The Morgan fingerprint density at radius 3 is 2.44 bits per heavy atom. The highest BCUT2D eigenvalue weighted by atomic mass is 79.9. The van der Waals surface area contributed by atoms with Gasteiger partial charge in [-0.25, -0.2) is 8.78 Å². The van der Waals surface area contributed by atoms with Crippen LogP contribution < -0.4 is 0 Å². The third-order valence-corrected chi connectivity index (χ3v) is 3.25. The molecule has 1 amide bonds. The van der Waals surface area contributed by atoms with Crippen LogP contribution in [-0.2, 0) is 0 Å². The molecule has 0 radical (unpaired) electrons. The summed E-state index contributed by atoms with van der Waals surface area (Å²) in [6.07, 6.45) is 3.31. The number of nitrogens with zero attached hydrogens (tertiary/aromatic N) is 1. The van der Waals surface area contributed by atoms with Crippen LogP contribution in [0.2, 0.25) is 0 Å². The van der Waals surface area contributed by atoms with Crippen LogP contribution >= 0.6 is 15.9 Å². The van der Waals surface area contributed by atoms with Crippen molar-refractivity contribution >= 4 is 21.8 Å². The molecular weight excluding hydrogens is 304 g/mol. The number of halogens is 3. The van der Waals surface area contributed by atoms with Gasteiger partial charge in [0.25, 0.3) is 5.91 Å². The van der Waals surface area contributed by atoms with Crippen LogP contribution in [-0.4, -0.2) is 23.4 Å². The van der Waals surface area contributed by atoms with Gasteiger partial charge < -0.3 is 4.90 Å². The Kier molecular flexibility index (Phi) is 3.80. The maximum atomic E-state index is 13.7. The van der Waals surface area contributed by atoms with Crippen LogP contribution in [0.25, 0.3) is 0 Å². The molecule has 0 bridgehead atoms. The van der Waals surface area contributed by atoms with Crippen molar-refractivity contribution < 1.29 is 13.6 Å². The van der Waals surface area contributed by atoms with Gasteiger partial charge in [0.15, 0.2) is 0 Å². The van der Waals surface area contributed by atoms with E-state index in [-0.39, 0.29) is 10.5 Å². The van der Waals surface area contributed by atoms with E-state index >= 15 is 0 Å². The Labute approximate surface area is 112 Å². The molecule has 96 valence electrons. The van der Waals surface area contributed by atoms with Crippen molar-refractivity contribution in [2.24, 2.45) is 0 Å². The lowest BCUT2D eigenvalue weighted by molar-refractivity contribution is 0.0753. The summed E-state index contributed by atoms with van der Waals surface area (Å²) in [6.45, 7) is 3.86. The Balaban J connectivity index is 2.35. The van der Waals surface area contributed by atoms with Crippen LogP contribution in [0.15, 0.2) is 29.3 Å². The number of hydrogen-bond acceptors (Lipinski definition) is 1. The molecule has 0 aromatic heterocycles. The molecule has 0 spiro atoms. The second-order valence-electron chi connectivity index (χ2n) is 4.22. The largest absolute Gasteiger partial charge is 0.332 e. The first kappa shape index (κ1) is 13.2. The number of hydrogen-bond donors (Lipinski definition) is 0. The standard InChI is InChI=1S/C13H12BrF2NO/c1-2-5-17(9-3-4-9)13(18)12-10(15)6-8(14)7-11(12)16/h2,6-7,9H,1,3-5H2. The number of carbonyl (C=O) groups is 1. The molecule has 2 nitrogen and oxygen atoms in total. The van der Waals surface area contributed by atoms with E-state index in [0.717, 1.165) is 25.0 Å². The second kappa shape index (κ2) is 5.18. The van der Waals surface area contributed by atoms with E-state index in [4.69, 9.17) is 0 Å². The zero-order valence-corrected chi connectivity index (χ0v) is 11.2. The Hall–Kier alpha value is -1.23. The molecule has 1 aliphatic rings. The average molecular weight is 316 g/mol. The first-order valence-corrected chi connectivity index (χ1v) is 6.40. The summed E-state index contributed by atoms with van der Waals surface area (Å²) in [4.78, 5) is 13.6. The van der Waals surface area contributed by atoms with Gasteiger partial charge in [0, 0.05) is 17.1 Å². The SMILES string of the molecule is C=CCN(C(=O)c1c(F)cc(Br)cc1F)C1CC1. The van der Waals surface area contributed by atoms with E-state index in [2.05, 4.69) is 22.5 Å². The molecule has 1 aromatic carbocycles. The molecule has 0 N–H and O–H groups in total. The fourth-order valence-corrected chi connectivity index (χ4v) is 2.22. The third kappa shape index (κ3) is 2.61. The number of rotatable bonds is 4. The van der Waals surface area contributed by atoms with Crippen molar-refractivity contribution in [3.8, 4) is 0 Å². The van der Waals surface area contributed by atoms with Crippen molar-refractivity contribution in [2.45, 2.75) is 18.9 Å². The lowest BCUT2D eigenvalue weighted by Crippen LogP contribution is -2.34. The Bertz CT molecular complexity index is 477. The van der Waals surface area contributed by atoms with E-state index < -0.39 is 23.1 Å². The van der Waals surface area contributed by atoms with Gasteiger partial charge in [0.2, 0.25) is 0 Å². The summed E-state index contributed by atoms with van der Waals surface area (Å²) < 4.78 is 27.7. The van der Waals surface area contributed by atoms with Gasteiger partial charge in [-0.1, -0.05) is 22.0 Å². The van der Waals surface area contributed by atoms with Gasteiger partial charge in [-0.05, 0) is 25.0 Å². The van der Waals surface area contributed by atoms with Crippen LogP contribution in [0.1, 0.15) is 23.2 Å². The summed E-state index contributed by atoms with van der Waals surface area (Å²) in [5.41, 5.74) is -0.494. The van der Waals surface area contributed by atoms with Crippen molar-refractivity contribution in [1.29, 1.82) is 0 Å². The topological polar surface area (TPSA) is 20.3 Å². The molecule has 0 unspecified atom stereocenters. The monoisotopic (exact) mass is 315 g/mol. The first-order valence-electron chi connectivity index (χ1n) is 5.61. The van der Waals surface area contributed by atoms with Gasteiger partial charge in [-0.2, -0.15) is 0 Å². The number of benzene rings is 1. The van der Waals surface area contributed by atoms with Gasteiger partial charge in [-0.15, -0.1) is 6.58 Å². The lowest BCUT2D eigenvalue weighted by atomic mass is 10.1. The van der Waals surface area contributed by atoms with Crippen molar-refractivity contribution in [2.75, 3.05) is 6.54 Å². The summed E-state index contributed by atoms with van der Waals surface area (Å²) in [5.74, 6) is -2.30. The van der Waals surface area contributed by atoms with Gasteiger partial charge >= 0.3 is 0 Å². The van der Waals surface area contributed by atoms with E-state index in [1.54, 1.807) is 6.08 Å². The molecule has 0 heterocycles. The van der Waals surface area contributed by atoms with Crippen LogP contribution in [0.3, 0.4) is 0 Å². The van der Waals surface area contributed by atoms with Crippen LogP contribution in [0, 0.1) is 11.6 Å². The molecule has 0 saturated heterocycles. The maximum Gasteiger partial charge on any atom is 0.260 e. The van der Waals surface area contributed by atoms with Gasteiger partial charge in [0.1, 0.15) is 17.2 Å². The van der Waals surface area contributed by atoms with E-state index in [0.29, 0.717) is 6.54 Å². The average Bonchev–Trinajstić information content (AvgIpc) is 3.07. The molecule has 1 aliphatic carbocycles. The van der Waals surface area contributed by atoms with Crippen molar-refractivity contribution in [3.05, 3.63) is 46.5 Å². The highest BCUT2D eigenvalue weighted by molar-refractivity contribution is 9.10. The maximum absolute atomic E-state index is 13.7. The van der Waals surface area contributed by atoms with Gasteiger partial charge in [0.05, 0.1) is 0 Å². The van der Waals surface area contributed by atoms with Crippen LogP contribution in [0.4, 0.5) is 8.78 Å². The van der Waals surface area contributed by atoms with Gasteiger partial charge in [-0.3, -0.25) is 4.79 Å². The summed E-state index contributed by atoms with van der Waals surface area (Å²) in [7, 11) is 0. The Morgan fingerprint density at radius 1 is 1.44 bits per heavy atom. The molecule has 18 heavy (non-hydrogen) atoms. The van der Waals surface area contributed by atoms with E-state index in [1.165, 1.54) is 4.90 Å². The number of carbonyl (C=O) groups excluding carboxylic acids is 1. The number of amides is 1. The molecule has 0 aliphatic heterocycles. The minimum Gasteiger partial charge on any atom is -0.332 e. The highest BCUT2D eigenvalue weighted by Gasteiger charge is 2.34. The summed E-state index contributed by atoms with van der Waals surface area (Å²) in [5, 5.41) is 0. The zero-order valence-electron chi connectivity index (χ0n) is 9.63. The normalized spacial score (nSPS) is 14.4. The predicted octanol–water partition coefficient (Wildman–Crippen LogP) is 3.52. The smallest absolute Gasteiger partial charge is 0.260 e. The molecule has 1 aromatic rings. The molecule has 1 saturated carbocycles. The predicted molar refractivity (Wildman–Crippen MR) is 68.3 cm³/mol. The summed E-state index contributed by atoms with van der Waals surface area (Å²) >= 11 is 2.98. The first-order chi connectivity index (χ1) is 8.54. The third-order valence-electron chi connectivity index (χ3n) is 2.80. The zero-order chi connectivity index (χ0) is 13.3. The molecule has 0 atom stereocenters. The highest BCUT2D eigenvalue weighted by Crippen LogP contribution is 2.29. The molecule has 2 rings (SSSR count). The fraction of sp³-hybridized carbons (Fsp3) is 0.308.